The van der Waals surface area contributed by atoms with E-state index in [0.29, 0.717) is 28.9 Å². The number of aromatic nitrogens is 2. The second-order valence-electron chi connectivity index (χ2n) is 5.69. The molecule has 0 radical (unpaired) electrons. The number of benzene rings is 2. The number of halogens is 1. The van der Waals surface area contributed by atoms with Crippen LogP contribution in [0, 0.1) is 0 Å². The molecule has 0 aliphatic rings. The molecule has 3 aromatic rings. The van der Waals surface area contributed by atoms with E-state index in [2.05, 4.69) is 15.5 Å². The SMILES string of the molecule is COc1ccc(CC(=O)NCc2noc(Cc3ccccc3)n2)cc1Cl. The van der Waals surface area contributed by atoms with E-state index < -0.39 is 0 Å². The van der Waals surface area contributed by atoms with Gasteiger partial charge in [0.1, 0.15) is 5.75 Å². The van der Waals surface area contributed by atoms with Gasteiger partial charge < -0.3 is 14.6 Å². The van der Waals surface area contributed by atoms with Crippen LogP contribution in [0.4, 0.5) is 0 Å². The fraction of sp³-hybridized carbons (Fsp3) is 0.211. The Labute approximate surface area is 156 Å². The first-order valence-electron chi connectivity index (χ1n) is 8.08. The number of nitrogens with one attached hydrogen (secondary N) is 1. The minimum atomic E-state index is -0.152. The zero-order chi connectivity index (χ0) is 18.4. The van der Waals surface area contributed by atoms with E-state index in [9.17, 15) is 4.79 Å². The summed E-state index contributed by atoms with van der Waals surface area (Å²) < 4.78 is 10.3. The van der Waals surface area contributed by atoms with Crippen molar-refractivity contribution in [1.82, 2.24) is 15.5 Å². The topological polar surface area (TPSA) is 77.2 Å². The molecule has 1 heterocycles. The van der Waals surface area contributed by atoms with Crippen LogP contribution in [0.2, 0.25) is 5.02 Å². The molecular weight excluding hydrogens is 354 g/mol. The van der Waals surface area contributed by atoms with Crippen molar-refractivity contribution in [3.63, 3.8) is 0 Å². The lowest BCUT2D eigenvalue weighted by molar-refractivity contribution is -0.120. The largest absolute Gasteiger partial charge is 0.495 e. The molecule has 6 nitrogen and oxygen atoms in total. The molecule has 3 rings (SSSR count). The van der Waals surface area contributed by atoms with E-state index in [0.717, 1.165) is 11.1 Å². The first-order chi connectivity index (χ1) is 12.6. The fourth-order valence-corrected chi connectivity index (χ4v) is 2.73. The maximum atomic E-state index is 12.1. The molecule has 7 heteroatoms. The Hall–Kier alpha value is -2.86. The number of carbonyl (C=O) groups excluding carboxylic acids is 1. The van der Waals surface area contributed by atoms with Gasteiger partial charge in [-0.1, -0.05) is 53.2 Å². The van der Waals surface area contributed by atoms with Crippen molar-refractivity contribution in [2.75, 3.05) is 7.11 Å². The van der Waals surface area contributed by atoms with Crippen LogP contribution in [0.5, 0.6) is 5.75 Å². The summed E-state index contributed by atoms with van der Waals surface area (Å²) in [6, 6.07) is 15.1. The van der Waals surface area contributed by atoms with Crippen LogP contribution in [0.3, 0.4) is 0 Å². The van der Waals surface area contributed by atoms with Crippen LogP contribution < -0.4 is 10.1 Å². The Morgan fingerprint density at radius 2 is 2.00 bits per heavy atom. The lowest BCUT2D eigenvalue weighted by Gasteiger charge is -2.06. The summed E-state index contributed by atoms with van der Waals surface area (Å²) in [6.07, 6.45) is 0.768. The molecule has 1 amide bonds. The van der Waals surface area contributed by atoms with Crippen molar-refractivity contribution < 1.29 is 14.1 Å². The van der Waals surface area contributed by atoms with E-state index in [1.807, 2.05) is 30.3 Å². The standard InChI is InChI=1S/C19H18ClN3O3/c1-25-16-8-7-14(9-15(16)20)10-18(24)21-12-17-22-19(26-23-17)11-13-5-3-2-4-6-13/h2-9H,10-12H2,1H3,(H,21,24). The summed E-state index contributed by atoms with van der Waals surface area (Å²) in [6.45, 7) is 0.209. The average Bonchev–Trinajstić information content (AvgIpc) is 3.08. The third-order valence-corrected chi connectivity index (χ3v) is 4.03. The normalized spacial score (nSPS) is 10.5. The molecule has 0 aliphatic heterocycles. The molecule has 0 spiro atoms. The van der Waals surface area contributed by atoms with Gasteiger partial charge in [-0.15, -0.1) is 0 Å². The smallest absolute Gasteiger partial charge is 0.231 e. The van der Waals surface area contributed by atoms with E-state index in [1.54, 1.807) is 25.3 Å². The minimum absolute atomic E-state index is 0.152. The van der Waals surface area contributed by atoms with Gasteiger partial charge in [0.15, 0.2) is 5.82 Å². The number of hydrogen-bond donors (Lipinski definition) is 1. The van der Waals surface area contributed by atoms with Crippen molar-refractivity contribution in [3.05, 3.63) is 76.4 Å². The zero-order valence-corrected chi connectivity index (χ0v) is 15.0. The highest BCUT2D eigenvalue weighted by Crippen LogP contribution is 2.25. The third-order valence-electron chi connectivity index (χ3n) is 3.73. The van der Waals surface area contributed by atoms with Crippen LogP contribution in [0.25, 0.3) is 0 Å². The van der Waals surface area contributed by atoms with Gasteiger partial charge in [-0.05, 0) is 23.3 Å². The molecule has 0 unspecified atom stereocenters. The van der Waals surface area contributed by atoms with Gasteiger partial charge in [0.25, 0.3) is 0 Å². The second-order valence-corrected chi connectivity index (χ2v) is 6.10. The molecule has 0 saturated heterocycles. The number of rotatable bonds is 7. The Balaban J connectivity index is 1.51. The monoisotopic (exact) mass is 371 g/mol. The molecule has 0 atom stereocenters. The van der Waals surface area contributed by atoms with Crippen molar-refractivity contribution in [2.24, 2.45) is 0 Å². The van der Waals surface area contributed by atoms with Crippen molar-refractivity contribution in [2.45, 2.75) is 19.4 Å². The van der Waals surface area contributed by atoms with Crippen molar-refractivity contribution in [1.29, 1.82) is 0 Å². The molecule has 2 aromatic carbocycles. The highest BCUT2D eigenvalue weighted by molar-refractivity contribution is 6.32. The summed E-state index contributed by atoms with van der Waals surface area (Å²) in [5.74, 6) is 1.38. The van der Waals surface area contributed by atoms with Crippen LogP contribution in [-0.4, -0.2) is 23.2 Å². The Bertz CT molecular complexity index is 881. The van der Waals surface area contributed by atoms with Crippen molar-refractivity contribution in [3.8, 4) is 5.75 Å². The first kappa shape index (κ1) is 17.9. The molecule has 26 heavy (non-hydrogen) atoms. The van der Waals surface area contributed by atoms with Gasteiger partial charge in [-0.3, -0.25) is 4.79 Å². The zero-order valence-electron chi connectivity index (χ0n) is 14.2. The number of amides is 1. The summed E-state index contributed by atoms with van der Waals surface area (Å²) in [4.78, 5) is 16.4. The Morgan fingerprint density at radius 1 is 1.19 bits per heavy atom. The third kappa shape index (κ3) is 4.83. The van der Waals surface area contributed by atoms with Gasteiger partial charge >= 0.3 is 0 Å². The maximum absolute atomic E-state index is 12.1. The lowest BCUT2D eigenvalue weighted by atomic mass is 10.1. The van der Waals surface area contributed by atoms with E-state index in [-0.39, 0.29) is 18.9 Å². The van der Waals surface area contributed by atoms with Crippen molar-refractivity contribution >= 4 is 17.5 Å². The molecular formula is C19H18ClN3O3. The highest BCUT2D eigenvalue weighted by Gasteiger charge is 2.10. The van der Waals surface area contributed by atoms with Crippen LogP contribution in [-0.2, 0) is 24.2 Å². The minimum Gasteiger partial charge on any atom is -0.495 e. The number of hydrogen-bond acceptors (Lipinski definition) is 5. The Kier molecular flexibility index (Phi) is 5.86. The lowest BCUT2D eigenvalue weighted by Crippen LogP contribution is -2.25. The molecule has 0 fully saturated rings. The maximum Gasteiger partial charge on any atom is 0.231 e. The predicted octanol–water partition coefficient (Wildman–Crippen LogP) is 3.18. The van der Waals surface area contributed by atoms with Gasteiger partial charge in [0.05, 0.1) is 31.5 Å². The molecule has 1 N–H and O–H groups in total. The summed E-state index contributed by atoms with van der Waals surface area (Å²) in [5, 5.41) is 7.14. The van der Waals surface area contributed by atoms with Crippen LogP contribution in [0.1, 0.15) is 22.8 Å². The number of carbonyl (C=O) groups is 1. The molecule has 1 aromatic heterocycles. The molecule has 0 aliphatic carbocycles. The van der Waals surface area contributed by atoms with E-state index in [4.69, 9.17) is 20.9 Å². The van der Waals surface area contributed by atoms with Gasteiger partial charge in [-0.2, -0.15) is 4.98 Å². The summed E-state index contributed by atoms with van der Waals surface area (Å²) >= 11 is 6.07. The number of methoxy groups -OCH3 is 1. The number of ether oxygens (including phenoxy) is 1. The fourth-order valence-electron chi connectivity index (χ4n) is 2.45. The quantitative estimate of drug-likeness (QED) is 0.690. The summed E-state index contributed by atoms with van der Waals surface area (Å²) in [7, 11) is 1.55. The predicted molar refractivity (Wildman–Crippen MR) is 97.1 cm³/mol. The highest BCUT2D eigenvalue weighted by atomic mass is 35.5. The Morgan fingerprint density at radius 3 is 2.73 bits per heavy atom. The van der Waals surface area contributed by atoms with Crippen LogP contribution >= 0.6 is 11.6 Å². The van der Waals surface area contributed by atoms with E-state index >= 15 is 0 Å². The van der Waals surface area contributed by atoms with Gasteiger partial charge in [0, 0.05) is 0 Å². The average molecular weight is 372 g/mol. The molecule has 0 saturated carbocycles. The second kappa shape index (κ2) is 8.49. The first-order valence-corrected chi connectivity index (χ1v) is 8.46. The van der Waals surface area contributed by atoms with Gasteiger partial charge in [-0.25, -0.2) is 0 Å². The van der Waals surface area contributed by atoms with Crippen LogP contribution in [0.15, 0.2) is 53.1 Å². The molecule has 134 valence electrons. The number of nitrogens with zero attached hydrogens (tertiary/aromatic N) is 2. The van der Waals surface area contributed by atoms with E-state index in [1.165, 1.54) is 0 Å². The van der Waals surface area contributed by atoms with Gasteiger partial charge in [0.2, 0.25) is 11.8 Å². The molecule has 0 bridgehead atoms. The summed E-state index contributed by atoms with van der Waals surface area (Å²) in [5.41, 5.74) is 1.88.